The van der Waals surface area contributed by atoms with Crippen molar-refractivity contribution in [2.75, 3.05) is 40.0 Å². The number of aliphatic hydroxyl groups excluding tert-OH is 1. The number of amides is 1. The van der Waals surface area contributed by atoms with Crippen LogP contribution in [0.3, 0.4) is 0 Å². The van der Waals surface area contributed by atoms with Crippen LogP contribution in [0.1, 0.15) is 52.4 Å². The summed E-state index contributed by atoms with van der Waals surface area (Å²) in [5, 5.41) is 20.8. The zero-order valence-electron chi connectivity index (χ0n) is 17.2. The standard InChI is InChI=1S/C19H39N2O4P/c1-15(2)17-9-7-6-8-16(12-17)10-11-21(24)18(22)13-20(3)14-19(23)26(4,5)25/h15-17,19,23-24H,6-14H2,1-5H3. The number of likely N-dealkylation sites (N-methyl/N-ethyl adjacent to an activating group) is 1. The van der Waals surface area contributed by atoms with Gasteiger partial charge in [0.1, 0.15) is 13.0 Å². The van der Waals surface area contributed by atoms with E-state index in [9.17, 15) is 19.7 Å². The topological polar surface area (TPSA) is 81.1 Å². The number of aliphatic hydroxyl groups is 1. The van der Waals surface area contributed by atoms with E-state index in [1.54, 1.807) is 11.9 Å². The number of hydrogen-bond donors (Lipinski definition) is 2. The lowest BCUT2D eigenvalue weighted by atomic mass is 9.84. The van der Waals surface area contributed by atoms with Crippen LogP contribution in [0.4, 0.5) is 0 Å². The molecule has 1 aliphatic rings. The third kappa shape index (κ3) is 8.51. The maximum atomic E-state index is 12.2. The van der Waals surface area contributed by atoms with E-state index in [0.29, 0.717) is 18.4 Å². The van der Waals surface area contributed by atoms with E-state index in [-0.39, 0.29) is 19.0 Å². The Hall–Kier alpha value is -0.420. The summed E-state index contributed by atoms with van der Waals surface area (Å²) in [6.45, 7) is 8.14. The van der Waals surface area contributed by atoms with Crippen molar-refractivity contribution in [3.8, 4) is 0 Å². The number of nitrogens with zero attached hydrogens (tertiary/aromatic N) is 2. The molecule has 0 aliphatic heterocycles. The van der Waals surface area contributed by atoms with Gasteiger partial charge in [-0.05, 0) is 51.0 Å². The molecule has 1 saturated carbocycles. The predicted octanol–water partition coefficient (Wildman–Crippen LogP) is 3.32. The van der Waals surface area contributed by atoms with E-state index >= 15 is 0 Å². The number of hydroxylamine groups is 2. The van der Waals surface area contributed by atoms with Crippen molar-refractivity contribution >= 4 is 13.0 Å². The van der Waals surface area contributed by atoms with Crippen LogP contribution in [0, 0.1) is 17.8 Å². The zero-order valence-corrected chi connectivity index (χ0v) is 18.1. The molecule has 154 valence electrons. The highest BCUT2D eigenvalue weighted by molar-refractivity contribution is 7.62. The smallest absolute Gasteiger partial charge is 0.260 e. The Morgan fingerprint density at radius 1 is 1.23 bits per heavy atom. The normalized spacial score (nSPS) is 23.1. The van der Waals surface area contributed by atoms with Gasteiger partial charge in [-0.25, -0.2) is 5.06 Å². The van der Waals surface area contributed by atoms with Gasteiger partial charge < -0.3 is 9.67 Å². The first kappa shape index (κ1) is 23.6. The molecule has 0 saturated heterocycles. The van der Waals surface area contributed by atoms with Gasteiger partial charge in [0.25, 0.3) is 5.91 Å². The molecular weight excluding hydrogens is 351 g/mol. The van der Waals surface area contributed by atoms with Gasteiger partial charge in [-0.15, -0.1) is 0 Å². The molecule has 7 heteroatoms. The molecule has 0 bridgehead atoms. The number of carbonyl (C=O) groups excluding carboxylic acids is 1. The van der Waals surface area contributed by atoms with Crippen LogP contribution in [0.25, 0.3) is 0 Å². The lowest BCUT2D eigenvalue weighted by Crippen LogP contribution is -2.40. The molecule has 0 radical (unpaired) electrons. The van der Waals surface area contributed by atoms with Crippen molar-refractivity contribution in [2.45, 2.75) is 58.2 Å². The molecule has 0 spiro atoms. The SMILES string of the molecule is CC(C)C1CCCCC(CCN(O)C(=O)CN(C)CC(O)P(C)(C)=O)C1. The number of hydrogen-bond acceptors (Lipinski definition) is 5. The van der Waals surface area contributed by atoms with Gasteiger partial charge in [-0.3, -0.25) is 14.9 Å². The molecule has 3 unspecified atom stereocenters. The largest absolute Gasteiger partial charge is 0.384 e. The van der Waals surface area contributed by atoms with Crippen LogP contribution in [-0.4, -0.2) is 72.0 Å². The summed E-state index contributed by atoms with van der Waals surface area (Å²) in [5.74, 6) is 0.674. The van der Waals surface area contributed by atoms with Crippen molar-refractivity contribution < 1.29 is 19.7 Å². The monoisotopic (exact) mass is 390 g/mol. The Bertz CT molecular complexity index is 480. The molecule has 0 aromatic heterocycles. The van der Waals surface area contributed by atoms with Crippen LogP contribution in [0.2, 0.25) is 0 Å². The van der Waals surface area contributed by atoms with Crippen LogP contribution in [0.15, 0.2) is 0 Å². The summed E-state index contributed by atoms with van der Waals surface area (Å²) in [4.78, 5) is 13.8. The molecule has 0 aromatic rings. The summed E-state index contributed by atoms with van der Waals surface area (Å²) >= 11 is 0. The summed E-state index contributed by atoms with van der Waals surface area (Å²) in [5.41, 5.74) is 0. The summed E-state index contributed by atoms with van der Waals surface area (Å²) in [7, 11) is -0.917. The summed E-state index contributed by atoms with van der Waals surface area (Å²) in [6.07, 6.45) is 7.02. The van der Waals surface area contributed by atoms with Gasteiger partial charge in [-0.2, -0.15) is 0 Å². The molecule has 3 atom stereocenters. The summed E-state index contributed by atoms with van der Waals surface area (Å²) in [6, 6.07) is 0. The minimum atomic E-state index is -2.60. The van der Waals surface area contributed by atoms with Crippen molar-refractivity contribution in [2.24, 2.45) is 17.8 Å². The van der Waals surface area contributed by atoms with Crippen LogP contribution in [-0.2, 0) is 9.36 Å². The Labute approximate surface area is 159 Å². The minimum Gasteiger partial charge on any atom is -0.384 e. The highest BCUT2D eigenvalue weighted by Gasteiger charge is 2.25. The minimum absolute atomic E-state index is 0.00679. The van der Waals surface area contributed by atoms with Gasteiger partial charge in [0.05, 0.1) is 6.54 Å². The average molecular weight is 391 g/mol. The fourth-order valence-electron chi connectivity index (χ4n) is 3.65. The fourth-order valence-corrected chi connectivity index (χ4v) is 4.33. The quantitative estimate of drug-likeness (QED) is 0.273. The maximum Gasteiger partial charge on any atom is 0.260 e. The van der Waals surface area contributed by atoms with Crippen molar-refractivity contribution in [3.05, 3.63) is 0 Å². The Kier molecular flexibility index (Phi) is 9.81. The van der Waals surface area contributed by atoms with Gasteiger partial charge in [0, 0.05) is 13.1 Å². The molecule has 1 aliphatic carbocycles. The Balaban J connectivity index is 2.40. The zero-order chi connectivity index (χ0) is 19.9. The molecule has 0 heterocycles. The second kappa shape index (κ2) is 10.8. The predicted molar refractivity (Wildman–Crippen MR) is 106 cm³/mol. The fraction of sp³-hybridized carbons (Fsp3) is 0.947. The van der Waals surface area contributed by atoms with Gasteiger partial charge in [-0.1, -0.05) is 39.5 Å². The van der Waals surface area contributed by atoms with Gasteiger partial charge in [0.15, 0.2) is 0 Å². The Morgan fingerprint density at radius 2 is 1.85 bits per heavy atom. The lowest BCUT2D eigenvalue weighted by Gasteiger charge is -2.26. The highest BCUT2D eigenvalue weighted by Crippen LogP contribution is 2.40. The van der Waals surface area contributed by atoms with E-state index in [0.717, 1.165) is 17.4 Å². The second-order valence-corrected chi connectivity index (χ2v) is 12.3. The first-order valence-corrected chi connectivity index (χ1v) is 12.6. The Morgan fingerprint density at radius 3 is 2.42 bits per heavy atom. The van der Waals surface area contributed by atoms with Crippen LogP contribution in [0.5, 0.6) is 0 Å². The van der Waals surface area contributed by atoms with E-state index in [2.05, 4.69) is 13.8 Å². The third-order valence-electron chi connectivity index (χ3n) is 5.65. The first-order valence-electron chi connectivity index (χ1n) is 9.91. The van der Waals surface area contributed by atoms with E-state index < -0.39 is 13.0 Å². The third-order valence-corrected chi connectivity index (χ3v) is 7.25. The molecule has 2 N–H and O–H groups in total. The van der Waals surface area contributed by atoms with E-state index in [1.807, 2.05) is 0 Å². The van der Waals surface area contributed by atoms with Crippen LogP contribution < -0.4 is 0 Å². The molecule has 0 aromatic carbocycles. The average Bonchev–Trinajstić information content (AvgIpc) is 2.77. The van der Waals surface area contributed by atoms with E-state index in [4.69, 9.17) is 0 Å². The molecule has 1 amide bonds. The molecule has 26 heavy (non-hydrogen) atoms. The van der Waals surface area contributed by atoms with Crippen LogP contribution >= 0.6 is 7.14 Å². The highest BCUT2D eigenvalue weighted by atomic mass is 31.2. The van der Waals surface area contributed by atoms with Crippen molar-refractivity contribution in [3.63, 3.8) is 0 Å². The van der Waals surface area contributed by atoms with Crippen molar-refractivity contribution in [1.29, 1.82) is 0 Å². The molecule has 6 nitrogen and oxygen atoms in total. The lowest BCUT2D eigenvalue weighted by molar-refractivity contribution is -0.167. The maximum absolute atomic E-state index is 12.2. The van der Waals surface area contributed by atoms with E-state index in [1.165, 1.54) is 45.4 Å². The second-order valence-electron chi connectivity index (χ2n) is 8.81. The molecular formula is C19H39N2O4P. The van der Waals surface area contributed by atoms with Gasteiger partial charge >= 0.3 is 0 Å². The number of carbonyl (C=O) groups is 1. The molecule has 1 rings (SSSR count). The molecule has 1 fully saturated rings. The van der Waals surface area contributed by atoms with Gasteiger partial charge in [0.2, 0.25) is 0 Å². The van der Waals surface area contributed by atoms with Crippen molar-refractivity contribution in [1.82, 2.24) is 9.96 Å². The first-order chi connectivity index (χ1) is 12.0. The number of rotatable bonds is 9. The summed E-state index contributed by atoms with van der Waals surface area (Å²) < 4.78 is 11.8.